The van der Waals surface area contributed by atoms with Gasteiger partial charge in [0.15, 0.2) is 5.82 Å². The number of amides is 2. The minimum atomic E-state index is -6.72. The Bertz CT molecular complexity index is 1600. The summed E-state index contributed by atoms with van der Waals surface area (Å²) in [5.41, 5.74) is -12.6. The third kappa shape index (κ3) is 6.79. The first kappa shape index (κ1) is 34.2. The molecule has 0 aliphatic heterocycles. The molecule has 0 atom stereocenters. The van der Waals surface area contributed by atoms with Gasteiger partial charge in [-0.2, -0.15) is 39.5 Å². The molecule has 0 radical (unpaired) electrons. The van der Waals surface area contributed by atoms with Gasteiger partial charge in [0.1, 0.15) is 0 Å². The molecule has 242 valence electrons. The van der Waals surface area contributed by atoms with Crippen molar-refractivity contribution in [2.24, 2.45) is 5.92 Å². The third-order valence-corrected chi connectivity index (χ3v) is 7.63. The molecule has 4 nitrogen and oxygen atoms in total. The number of carbonyl (C=O) groups excluding carboxylic acids is 2. The third-order valence-electron chi connectivity index (χ3n) is 7.01. The van der Waals surface area contributed by atoms with Crippen molar-refractivity contribution in [1.82, 2.24) is 0 Å². The molecule has 1 aliphatic carbocycles. The topological polar surface area (TPSA) is 49.4 Å². The van der Waals surface area contributed by atoms with Crippen molar-refractivity contribution in [3.63, 3.8) is 0 Å². The van der Waals surface area contributed by atoms with Crippen molar-refractivity contribution in [3.8, 4) is 0 Å². The predicted octanol–water partition coefficient (Wildman–Crippen LogP) is 9.51. The molecule has 0 aromatic heterocycles. The van der Waals surface area contributed by atoms with E-state index in [2.05, 4.69) is 15.9 Å². The zero-order chi connectivity index (χ0) is 33.7. The number of alkyl halides is 10. The van der Waals surface area contributed by atoms with E-state index in [1.54, 1.807) is 24.4 Å². The first-order chi connectivity index (χ1) is 20.7. The molecule has 0 unspecified atom stereocenters. The Morgan fingerprint density at radius 2 is 1.47 bits per heavy atom. The number of nitrogens with zero attached hydrogens (tertiary/aromatic N) is 1. The summed E-state index contributed by atoms with van der Waals surface area (Å²) in [7, 11) is 0. The summed E-state index contributed by atoms with van der Waals surface area (Å²) in [4.78, 5) is 27.5. The molecule has 0 saturated heterocycles. The Morgan fingerprint density at radius 3 is 1.98 bits per heavy atom. The first-order valence-corrected chi connectivity index (χ1v) is 13.7. The van der Waals surface area contributed by atoms with E-state index >= 15 is 4.39 Å². The average molecular weight is 717 g/mol. The molecule has 16 heteroatoms. The summed E-state index contributed by atoms with van der Waals surface area (Å²) in [6.07, 6.45) is -17.7. The highest BCUT2D eigenvalue weighted by atomic mass is 79.9. The minimum absolute atomic E-state index is 0.0103. The number of anilines is 2. The summed E-state index contributed by atoms with van der Waals surface area (Å²) >= 11 is 2.40. The smallest absolute Gasteiger partial charge is 0.320 e. The summed E-state index contributed by atoms with van der Waals surface area (Å²) in [6.45, 7) is 1.82. The number of hydrogen-bond donors (Lipinski definition) is 1. The second-order valence-corrected chi connectivity index (χ2v) is 11.2. The molecule has 1 aliphatic rings. The van der Waals surface area contributed by atoms with Crippen LogP contribution in [0.4, 0.5) is 59.7 Å². The normalized spacial score (nSPS) is 14.3. The highest BCUT2D eigenvalue weighted by molar-refractivity contribution is 9.10. The highest BCUT2D eigenvalue weighted by Gasteiger charge is 2.73. The lowest BCUT2D eigenvalue weighted by atomic mass is 9.92. The standard InChI is InChI=1S/C29H20BrF11N2O2/c1-14-5-9-16(10-6-14)25(45)43(13-15-7-8-15)21-4-2-3-18(22(21)31)24(44)42-23-19(27(33,34)35)11-17(12-20(23)30)26(32,28(36,37)38)29(39,40)41/h2-6,9-12,15H,7-8,13H2,1H3,(H,42,44). The van der Waals surface area contributed by atoms with E-state index < -0.39 is 80.4 Å². The van der Waals surface area contributed by atoms with Crippen LogP contribution >= 0.6 is 15.9 Å². The Kier molecular flexibility index (Phi) is 9.05. The second-order valence-electron chi connectivity index (χ2n) is 10.4. The first-order valence-electron chi connectivity index (χ1n) is 12.9. The molecule has 0 bridgehead atoms. The number of rotatable bonds is 7. The zero-order valence-electron chi connectivity index (χ0n) is 22.7. The number of carbonyl (C=O) groups is 2. The van der Waals surface area contributed by atoms with Crippen LogP contribution in [0.5, 0.6) is 0 Å². The SMILES string of the molecule is Cc1ccc(C(=O)N(CC2CC2)c2cccc(C(=O)Nc3c(Br)cc(C(F)(C(F)(F)F)C(F)(F)F)cc3C(F)(F)F)c2F)cc1. The van der Waals surface area contributed by atoms with Gasteiger partial charge < -0.3 is 10.2 Å². The van der Waals surface area contributed by atoms with Crippen molar-refractivity contribution < 1.29 is 57.9 Å². The van der Waals surface area contributed by atoms with Crippen molar-refractivity contribution >= 4 is 39.1 Å². The van der Waals surface area contributed by atoms with E-state index in [9.17, 15) is 53.5 Å². The zero-order valence-corrected chi connectivity index (χ0v) is 24.3. The van der Waals surface area contributed by atoms with Gasteiger partial charge in [0.05, 0.1) is 22.5 Å². The van der Waals surface area contributed by atoms with Crippen molar-refractivity contribution in [1.29, 1.82) is 0 Å². The van der Waals surface area contributed by atoms with Gasteiger partial charge >= 0.3 is 24.2 Å². The number of aryl methyl sites for hydroxylation is 1. The molecule has 0 heterocycles. The van der Waals surface area contributed by atoms with E-state index in [-0.39, 0.29) is 24.1 Å². The molecule has 1 fully saturated rings. The van der Waals surface area contributed by atoms with E-state index in [1.807, 2.05) is 0 Å². The van der Waals surface area contributed by atoms with Gasteiger partial charge in [0.2, 0.25) is 0 Å². The van der Waals surface area contributed by atoms with Crippen LogP contribution in [0.25, 0.3) is 0 Å². The quantitative estimate of drug-likeness (QED) is 0.248. The summed E-state index contributed by atoms with van der Waals surface area (Å²) in [6, 6.07) is 8.45. The number of halogens is 12. The fraction of sp³-hybridized carbons (Fsp3) is 0.310. The van der Waals surface area contributed by atoms with E-state index in [0.29, 0.717) is 0 Å². The molecule has 0 spiro atoms. The van der Waals surface area contributed by atoms with Crippen LogP contribution in [0.3, 0.4) is 0 Å². The summed E-state index contributed by atoms with van der Waals surface area (Å²) in [5, 5.41) is 1.65. The second kappa shape index (κ2) is 11.9. The van der Waals surface area contributed by atoms with E-state index in [1.165, 1.54) is 12.1 Å². The lowest BCUT2D eigenvalue weighted by Crippen LogP contribution is -2.50. The molecule has 45 heavy (non-hydrogen) atoms. The Morgan fingerprint density at radius 1 is 0.889 bits per heavy atom. The maximum Gasteiger partial charge on any atom is 0.435 e. The molecule has 1 saturated carbocycles. The molecular formula is C29H20BrF11N2O2. The van der Waals surface area contributed by atoms with Crippen LogP contribution in [0.2, 0.25) is 0 Å². The minimum Gasteiger partial charge on any atom is -0.320 e. The van der Waals surface area contributed by atoms with Crippen molar-refractivity contribution in [3.05, 3.63) is 92.7 Å². The van der Waals surface area contributed by atoms with Gasteiger partial charge in [-0.1, -0.05) is 23.8 Å². The van der Waals surface area contributed by atoms with Crippen LogP contribution in [0.1, 0.15) is 50.2 Å². The Balaban J connectivity index is 1.76. The largest absolute Gasteiger partial charge is 0.435 e. The summed E-state index contributed by atoms with van der Waals surface area (Å²) < 4.78 is 151. The van der Waals surface area contributed by atoms with Gasteiger partial charge in [-0.3, -0.25) is 9.59 Å². The van der Waals surface area contributed by atoms with Crippen LogP contribution < -0.4 is 10.2 Å². The number of benzene rings is 3. The number of hydrogen-bond acceptors (Lipinski definition) is 2. The van der Waals surface area contributed by atoms with Gasteiger partial charge in [-0.15, -0.1) is 0 Å². The van der Waals surface area contributed by atoms with Crippen LogP contribution in [-0.2, 0) is 11.8 Å². The van der Waals surface area contributed by atoms with E-state index in [0.717, 1.165) is 41.5 Å². The fourth-order valence-corrected chi connectivity index (χ4v) is 4.99. The van der Waals surface area contributed by atoms with Crippen molar-refractivity contribution in [2.75, 3.05) is 16.8 Å². The lowest BCUT2D eigenvalue weighted by molar-refractivity contribution is -0.348. The average Bonchev–Trinajstić information content (AvgIpc) is 3.75. The Labute approximate surface area is 256 Å². The van der Waals surface area contributed by atoms with Gasteiger partial charge in [0.25, 0.3) is 11.8 Å². The monoisotopic (exact) mass is 716 g/mol. The van der Waals surface area contributed by atoms with Crippen LogP contribution in [0, 0.1) is 18.7 Å². The van der Waals surface area contributed by atoms with Gasteiger partial charge in [-0.05, 0) is 78.0 Å². The van der Waals surface area contributed by atoms with Gasteiger partial charge in [0, 0.05) is 22.1 Å². The molecule has 1 N–H and O–H groups in total. The highest BCUT2D eigenvalue weighted by Crippen LogP contribution is 2.55. The Hall–Kier alpha value is -3.69. The predicted molar refractivity (Wildman–Crippen MR) is 144 cm³/mol. The molecular weight excluding hydrogens is 697 g/mol. The van der Waals surface area contributed by atoms with E-state index in [4.69, 9.17) is 0 Å². The molecule has 4 rings (SSSR count). The fourth-order valence-electron chi connectivity index (χ4n) is 4.43. The van der Waals surface area contributed by atoms with Crippen LogP contribution in [-0.4, -0.2) is 30.7 Å². The molecule has 3 aromatic carbocycles. The van der Waals surface area contributed by atoms with Gasteiger partial charge in [-0.25, -0.2) is 8.78 Å². The van der Waals surface area contributed by atoms with Crippen molar-refractivity contribution in [2.45, 2.75) is 44.0 Å². The maximum atomic E-state index is 15.8. The maximum absolute atomic E-state index is 15.8. The molecule has 3 aromatic rings. The molecule has 2 amide bonds. The lowest BCUT2D eigenvalue weighted by Gasteiger charge is -2.31. The number of nitrogens with one attached hydrogen (secondary N) is 1. The summed E-state index contributed by atoms with van der Waals surface area (Å²) in [5.74, 6) is -3.56. The van der Waals surface area contributed by atoms with Crippen LogP contribution in [0.15, 0.2) is 59.1 Å².